The third kappa shape index (κ3) is 1.72. The molecule has 0 amide bonds. The molecule has 0 unspecified atom stereocenters. The lowest BCUT2D eigenvalue weighted by Crippen LogP contribution is -2.54. The molecule has 0 radical (unpaired) electrons. The Morgan fingerprint density at radius 1 is 1.17 bits per heavy atom. The Labute approximate surface area is 143 Å². The summed E-state index contributed by atoms with van der Waals surface area (Å²) in [5, 5.41) is 10.4. The number of ketones is 2. The van der Waals surface area contributed by atoms with Crippen LogP contribution >= 0.6 is 0 Å². The Hall–Kier alpha value is -1.48. The molecular weight excluding hydrogens is 300 g/mol. The zero-order valence-corrected chi connectivity index (χ0v) is 14.4. The van der Waals surface area contributed by atoms with E-state index < -0.39 is 5.41 Å². The first-order valence-electron chi connectivity index (χ1n) is 9.14. The van der Waals surface area contributed by atoms with Crippen molar-refractivity contribution in [2.75, 3.05) is 6.61 Å². The molecule has 0 saturated heterocycles. The molecule has 3 fully saturated rings. The molecular formula is C21H26O3. The van der Waals surface area contributed by atoms with Crippen LogP contribution < -0.4 is 0 Å². The zero-order valence-electron chi connectivity index (χ0n) is 14.4. The van der Waals surface area contributed by atoms with Crippen molar-refractivity contribution < 1.29 is 14.7 Å². The maximum atomic E-state index is 12.5. The largest absolute Gasteiger partial charge is 0.395 e. The summed E-state index contributed by atoms with van der Waals surface area (Å²) in [6.07, 6.45) is 7.02. The van der Waals surface area contributed by atoms with Crippen molar-refractivity contribution in [1.82, 2.24) is 0 Å². The van der Waals surface area contributed by atoms with Gasteiger partial charge in [0.2, 0.25) is 0 Å². The van der Waals surface area contributed by atoms with Gasteiger partial charge in [-0.15, -0.1) is 0 Å². The Balaban J connectivity index is 1.81. The minimum absolute atomic E-state index is 0.0114. The molecule has 0 aromatic rings. The molecule has 3 heteroatoms. The molecule has 0 aromatic carbocycles. The molecule has 128 valence electrons. The second-order valence-corrected chi connectivity index (χ2v) is 8.45. The number of rotatable bonds is 1. The number of hydrogen-bond donors (Lipinski definition) is 1. The molecule has 4 rings (SSSR count). The summed E-state index contributed by atoms with van der Waals surface area (Å²) in [7, 11) is 0. The Bertz CT molecular complexity index is 700. The van der Waals surface area contributed by atoms with Crippen LogP contribution in [0.2, 0.25) is 0 Å². The van der Waals surface area contributed by atoms with Gasteiger partial charge in [-0.2, -0.15) is 0 Å². The summed E-state index contributed by atoms with van der Waals surface area (Å²) in [6, 6.07) is 0. The smallest absolute Gasteiger partial charge is 0.185 e. The number of Topliss-reactive ketones (excluding diaryl/α,β-unsaturated/α-hetero) is 1. The fourth-order valence-electron chi connectivity index (χ4n) is 6.45. The highest BCUT2D eigenvalue weighted by Crippen LogP contribution is 2.65. The Kier molecular flexibility index (Phi) is 3.34. The zero-order chi connectivity index (χ0) is 17.3. The highest BCUT2D eigenvalue weighted by molar-refractivity contribution is 6.09. The van der Waals surface area contributed by atoms with Crippen LogP contribution in [-0.2, 0) is 9.59 Å². The van der Waals surface area contributed by atoms with E-state index in [4.69, 9.17) is 0 Å². The summed E-state index contributed by atoms with van der Waals surface area (Å²) < 4.78 is 0. The van der Waals surface area contributed by atoms with Crippen LogP contribution in [0.4, 0.5) is 0 Å². The van der Waals surface area contributed by atoms with Crippen molar-refractivity contribution in [3.05, 3.63) is 36.0 Å². The van der Waals surface area contributed by atoms with E-state index >= 15 is 0 Å². The van der Waals surface area contributed by atoms with Gasteiger partial charge in [0.1, 0.15) is 5.78 Å². The SMILES string of the molecule is C=C1C(=C)[C@@]2(CO)C(=CC1=O)CC[C@@H]1[C@H]2CC[C@]2(C)C(=O)CC[C@@H]12. The monoisotopic (exact) mass is 326 g/mol. The third-order valence-corrected chi connectivity index (χ3v) is 7.85. The topological polar surface area (TPSA) is 54.4 Å². The highest BCUT2D eigenvalue weighted by atomic mass is 16.3. The molecule has 0 aliphatic heterocycles. The molecule has 3 nitrogen and oxygen atoms in total. The first kappa shape index (κ1) is 16.0. The Morgan fingerprint density at radius 3 is 2.62 bits per heavy atom. The van der Waals surface area contributed by atoms with Crippen LogP contribution in [0.15, 0.2) is 36.0 Å². The minimum atomic E-state index is -0.527. The Morgan fingerprint density at radius 2 is 1.92 bits per heavy atom. The van der Waals surface area contributed by atoms with Crippen LogP contribution in [0.5, 0.6) is 0 Å². The van der Waals surface area contributed by atoms with E-state index in [1.165, 1.54) is 0 Å². The van der Waals surface area contributed by atoms with E-state index in [1.54, 1.807) is 6.08 Å². The average Bonchev–Trinajstić information content (AvgIpc) is 2.88. The van der Waals surface area contributed by atoms with Crippen molar-refractivity contribution in [1.29, 1.82) is 0 Å². The summed E-state index contributed by atoms with van der Waals surface area (Å²) in [5.74, 6) is 1.47. The lowest BCUT2D eigenvalue weighted by molar-refractivity contribution is -0.132. The lowest BCUT2D eigenvalue weighted by atomic mass is 9.46. The third-order valence-electron chi connectivity index (χ3n) is 7.85. The van der Waals surface area contributed by atoms with E-state index in [9.17, 15) is 14.7 Å². The van der Waals surface area contributed by atoms with Gasteiger partial charge in [-0.1, -0.05) is 25.7 Å². The number of carbonyl (C=O) groups excluding carboxylic acids is 2. The van der Waals surface area contributed by atoms with Gasteiger partial charge in [-0.25, -0.2) is 0 Å². The number of aliphatic hydroxyl groups is 1. The van der Waals surface area contributed by atoms with Gasteiger partial charge in [-0.05, 0) is 61.5 Å². The van der Waals surface area contributed by atoms with Gasteiger partial charge < -0.3 is 5.11 Å². The molecule has 0 heterocycles. The molecule has 4 aliphatic carbocycles. The van der Waals surface area contributed by atoms with Crippen molar-refractivity contribution in [3.8, 4) is 0 Å². The molecule has 24 heavy (non-hydrogen) atoms. The van der Waals surface area contributed by atoms with Gasteiger partial charge in [0.05, 0.1) is 6.61 Å². The van der Waals surface area contributed by atoms with E-state index in [2.05, 4.69) is 20.1 Å². The van der Waals surface area contributed by atoms with E-state index in [0.29, 0.717) is 29.6 Å². The maximum absolute atomic E-state index is 12.5. The van der Waals surface area contributed by atoms with Gasteiger partial charge in [0.15, 0.2) is 5.78 Å². The van der Waals surface area contributed by atoms with E-state index in [-0.39, 0.29) is 23.7 Å². The quantitative estimate of drug-likeness (QED) is 0.752. The van der Waals surface area contributed by atoms with Gasteiger partial charge in [-0.3, -0.25) is 9.59 Å². The van der Waals surface area contributed by atoms with Gasteiger partial charge >= 0.3 is 0 Å². The number of aliphatic hydroxyl groups excluding tert-OH is 1. The second-order valence-electron chi connectivity index (χ2n) is 8.45. The van der Waals surface area contributed by atoms with Gasteiger partial charge in [0.25, 0.3) is 0 Å². The number of allylic oxidation sites excluding steroid dienone is 1. The lowest BCUT2D eigenvalue weighted by Gasteiger charge is -2.58. The second kappa shape index (κ2) is 5.01. The first-order valence-corrected chi connectivity index (χ1v) is 9.14. The molecule has 5 atom stereocenters. The fraction of sp³-hybridized carbons (Fsp3) is 0.619. The summed E-state index contributed by atoms with van der Waals surface area (Å²) in [5.41, 5.74) is 1.50. The summed E-state index contributed by atoms with van der Waals surface area (Å²) in [6.45, 7) is 10.3. The predicted molar refractivity (Wildman–Crippen MR) is 92.2 cm³/mol. The maximum Gasteiger partial charge on any atom is 0.185 e. The van der Waals surface area contributed by atoms with Crippen LogP contribution in [0.25, 0.3) is 0 Å². The minimum Gasteiger partial charge on any atom is -0.395 e. The van der Waals surface area contributed by atoms with Crippen molar-refractivity contribution in [3.63, 3.8) is 0 Å². The average molecular weight is 326 g/mol. The molecule has 4 aliphatic rings. The molecule has 0 aromatic heterocycles. The molecule has 1 N–H and O–H groups in total. The van der Waals surface area contributed by atoms with E-state index in [1.807, 2.05) is 0 Å². The normalized spacial score (nSPS) is 44.8. The van der Waals surface area contributed by atoms with Crippen molar-refractivity contribution >= 4 is 11.6 Å². The number of hydrogen-bond acceptors (Lipinski definition) is 3. The molecule has 0 bridgehead atoms. The standard InChI is InChI=1S/C21H26O3/c1-12-13(2)21(11-22)14(10-18(12)23)4-5-15-16-6-7-19(24)20(16,3)9-8-17(15)21/h10,15-17,22H,1-2,4-9,11H2,3H3/t15-,16-,17+,20-,21-/m0/s1. The van der Waals surface area contributed by atoms with Gasteiger partial charge in [0, 0.05) is 22.8 Å². The number of fused-ring (bicyclic) bond motifs is 5. The highest BCUT2D eigenvalue weighted by Gasteiger charge is 2.61. The summed E-state index contributed by atoms with van der Waals surface area (Å²) in [4.78, 5) is 24.7. The van der Waals surface area contributed by atoms with Crippen molar-refractivity contribution in [2.45, 2.75) is 45.4 Å². The predicted octanol–water partition coefficient (Wildman–Crippen LogP) is 3.39. The fourth-order valence-corrected chi connectivity index (χ4v) is 6.45. The molecule has 3 saturated carbocycles. The van der Waals surface area contributed by atoms with Crippen LogP contribution in [-0.4, -0.2) is 23.3 Å². The van der Waals surface area contributed by atoms with E-state index in [0.717, 1.165) is 43.3 Å². The first-order chi connectivity index (χ1) is 11.4. The number of carbonyl (C=O) groups is 2. The van der Waals surface area contributed by atoms with Crippen LogP contribution in [0, 0.1) is 28.6 Å². The van der Waals surface area contributed by atoms with Crippen LogP contribution in [0.1, 0.15) is 45.4 Å². The van der Waals surface area contributed by atoms with Crippen molar-refractivity contribution in [2.24, 2.45) is 28.6 Å². The van der Waals surface area contributed by atoms with Crippen LogP contribution in [0.3, 0.4) is 0 Å². The summed E-state index contributed by atoms with van der Waals surface area (Å²) >= 11 is 0. The molecule has 0 spiro atoms.